The molecule has 156 valence electrons. The van der Waals surface area contributed by atoms with Gasteiger partial charge in [-0.3, -0.25) is 4.79 Å². The predicted octanol–water partition coefficient (Wildman–Crippen LogP) is 2.23. The molecule has 1 fully saturated rings. The maximum Gasteiger partial charge on any atom is 0.317 e. The number of nitrogens with zero attached hydrogens (tertiary/aromatic N) is 4. The molecule has 1 aromatic heterocycles. The molecular formula is C18H29ClN6O2S. The van der Waals surface area contributed by atoms with Crippen LogP contribution in [-0.2, 0) is 4.79 Å². The second kappa shape index (κ2) is 10.7. The quantitative estimate of drug-likeness (QED) is 0.393. The molecule has 0 unspecified atom stereocenters. The van der Waals surface area contributed by atoms with Crippen molar-refractivity contribution in [3.05, 3.63) is 11.2 Å². The lowest BCUT2D eigenvalue weighted by Gasteiger charge is -2.40. The highest BCUT2D eigenvalue weighted by Gasteiger charge is 2.28. The highest BCUT2D eigenvalue weighted by Crippen LogP contribution is 2.24. The van der Waals surface area contributed by atoms with Crippen molar-refractivity contribution in [2.45, 2.75) is 38.9 Å². The molecule has 1 aliphatic heterocycles. The van der Waals surface area contributed by atoms with Gasteiger partial charge in [0.05, 0.1) is 5.75 Å². The second-order valence-corrected chi connectivity index (χ2v) is 8.47. The number of hydrogen-bond acceptors (Lipinski definition) is 6. The highest BCUT2D eigenvalue weighted by atomic mass is 35.5. The average Bonchev–Trinajstić information content (AvgIpc) is 2.64. The number of piperazine rings is 1. The van der Waals surface area contributed by atoms with E-state index in [0.29, 0.717) is 54.8 Å². The van der Waals surface area contributed by atoms with Gasteiger partial charge in [-0.1, -0.05) is 37.2 Å². The summed E-state index contributed by atoms with van der Waals surface area (Å²) in [7, 11) is 0. The number of hydrogen-bond donors (Lipinski definition) is 2. The van der Waals surface area contributed by atoms with Crippen molar-refractivity contribution in [3.8, 4) is 0 Å². The summed E-state index contributed by atoms with van der Waals surface area (Å²) in [5.41, 5.74) is 0. The van der Waals surface area contributed by atoms with Gasteiger partial charge in [0.2, 0.25) is 5.91 Å². The van der Waals surface area contributed by atoms with E-state index in [0.717, 1.165) is 0 Å². The van der Waals surface area contributed by atoms with Gasteiger partial charge in [-0.05, 0) is 19.8 Å². The summed E-state index contributed by atoms with van der Waals surface area (Å²) in [6, 6.07) is 1.73. The fourth-order valence-electron chi connectivity index (χ4n) is 2.83. The summed E-state index contributed by atoms with van der Waals surface area (Å²) in [6.07, 6.45) is 0. The van der Waals surface area contributed by atoms with E-state index in [1.807, 2.05) is 32.6 Å². The molecule has 1 saturated heterocycles. The second-order valence-electron chi connectivity index (χ2n) is 7.14. The first-order chi connectivity index (χ1) is 13.3. The molecule has 10 heteroatoms. The number of thioether (sulfide) groups is 1. The molecule has 0 radical (unpaired) electrons. The Balaban J connectivity index is 1.97. The van der Waals surface area contributed by atoms with E-state index in [9.17, 15) is 9.59 Å². The smallest absolute Gasteiger partial charge is 0.317 e. The van der Waals surface area contributed by atoms with Crippen molar-refractivity contribution >= 4 is 41.1 Å². The van der Waals surface area contributed by atoms with Crippen LogP contribution in [0.5, 0.6) is 0 Å². The molecular weight excluding hydrogens is 400 g/mol. The van der Waals surface area contributed by atoms with Crippen LogP contribution in [-0.4, -0.2) is 71.3 Å². The largest absolute Gasteiger partial charge is 0.355 e. The number of anilines is 1. The van der Waals surface area contributed by atoms with Crippen LogP contribution in [0.2, 0.25) is 5.15 Å². The maximum atomic E-state index is 12.1. The Hall–Kier alpha value is -1.74. The number of halogens is 1. The molecule has 8 nitrogen and oxygen atoms in total. The monoisotopic (exact) mass is 428 g/mol. The fraction of sp³-hybridized carbons (Fsp3) is 0.667. The summed E-state index contributed by atoms with van der Waals surface area (Å²) in [5, 5.41) is 6.53. The number of amides is 3. The van der Waals surface area contributed by atoms with Gasteiger partial charge in [-0.2, -0.15) is 0 Å². The minimum absolute atomic E-state index is 0.0426. The molecule has 0 saturated carbocycles. The van der Waals surface area contributed by atoms with Gasteiger partial charge >= 0.3 is 6.03 Å². The molecule has 0 spiro atoms. The zero-order chi connectivity index (χ0) is 20.7. The van der Waals surface area contributed by atoms with Crippen LogP contribution < -0.4 is 15.5 Å². The van der Waals surface area contributed by atoms with Crippen LogP contribution in [0.1, 0.15) is 27.7 Å². The van der Waals surface area contributed by atoms with Crippen LogP contribution in [0, 0.1) is 5.92 Å². The molecule has 2 rings (SSSR count). The number of urea groups is 1. The molecule has 0 bridgehead atoms. The van der Waals surface area contributed by atoms with E-state index >= 15 is 0 Å². The van der Waals surface area contributed by atoms with Crippen molar-refractivity contribution in [2.75, 3.05) is 43.4 Å². The zero-order valence-corrected chi connectivity index (χ0v) is 18.4. The standard InChI is InChI=1S/C18H29ClN6O2S/c1-5-20-18(27)25-7-6-24(10-13(25)4)15-8-14(19)22-17(23-15)28-11-16(26)21-9-12(2)3/h8,12-13H,5-7,9-11H2,1-4H3,(H,20,27)(H,21,26)/t13-/m0/s1. The van der Waals surface area contributed by atoms with E-state index in [1.54, 1.807) is 6.07 Å². The van der Waals surface area contributed by atoms with E-state index in [2.05, 4.69) is 25.5 Å². The van der Waals surface area contributed by atoms with Gasteiger partial charge in [0.1, 0.15) is 11.0 Å². The minimum Gasteiger partial charge on any atom is -0.355 e. The van der Waals surface area contributed by atoms with E-state index in [1.165, 1.54) is 11.8 Å². The Morgan fingerprint density at radius 3 is 2.71 bits per heavy atom. The van der Waals surface area contributed by atoms with Gasteiger partial charge in [0.25, 0.3) is 0 Å². The predicted molar refractivity (Wildman–Crippen MR) is 113 cm³/mol. The lowest BCUT2D eigenvalue weighted by atomic mass is 10.2. The van der Waals surface area contributed by atoms with Crippen molar-refractivity contribution in [1.29, 1.82) is 0 Å². The number of carbonyl (C=O) groups is 2. The first-order valence-electron chi connectivity index (χ1n) is 9.53. The maximum absolute atomic E-state index is 12.1. The fourth-order valence-corrected chi connectivity index (χ4v) is 3.74. The average molecular weight is 429 g/mol. The zero-order valence-electron chi connectivity index (χ0n) is 16.9. The number of aromatic nitrogens is 2. The highest BCUT2D eigenvalue weighted by molar-refractivity contribution is 7.99. The SMILES string of the molecule is CCNC(=O)N1CCN(c2cc(Cl)nc(SCC(=O)NCC(C)C)n2)C[C@@H]1C. The molecule has 2 N–H and O–H groups in total. The van der Waals surface area contributed by atoms with Crippen molar-refractivity contribution in [1.82, 2.24) is 25.5 Å². The lowest BCUT2D eigenvalue weighted by molar-refractivity contribution is -0.118. The Bertz CT molecular complexity index is 690. The summed E-state index contributed by atoms with van der Waals surface area (Å²) in [4.78, 5) is 36.7. The first kappa shape index (κ1) is 22.5. The summed E-state index contributed by atoms with van der Waals surface area (Å²) in [6.45, 7) is 11.2. The van der Waals surface area contributed by atoms with E-state index < -0.39 is 0 Å². The van der Waals surface area contributed by atoms with Crippen molar-refractivity contribution in [2.24, 2.45) is 5.92 Å². The third kappa shape index (κ3) is 6.70. The molecule has 28 heavy (non-hydrogen) atoms. The van der Waals surface area contributed by atoms with Gasteiger partial charge in [-0.15, -0.1) is 0 Å². The van der Waals surface area contributed by atoms with Crippen LogP contribution >= 0.6 is 23.4 Å². The molecule has 1 aromatic rings. The molecule has 1 atom stereocenters. The first-order valence-corrected chi connectivity index (χ1v) is 10.9. The van der Waals surface area contributed by atoms with Crippen molar-refractivity contribution in [3.63, 3.8) is 0 Å². The third-order valence-corrected chi connectivity index (χ3v) is 5.28. The Kier molecular flexibility index (Phi) is 8.62. The third-order valence-electron chi connectivity index (χ3n) is 4.24. The van der Waals surface area contributed by atoms with Gasteiger partial charge < -0.3 is 20.4 Å². The van der Waals surface area contributed by atoms with Gasteiger partial charge in [0, 0.05) is 44.8 Å². The van der Waals surface area contributed by atoms with Crippen LogP contribution in [0.25, 0.3) is 0 Å². The Morgan fingerprint density at radius 1 is 1.32 bits per heavy atom. The topological polar surface area (TPSA) is 90.5 Å². The van der Waals surface area contributed by atoms with Crippen molar-refractivity contribution < 1.29 is 9.59 Å². The van der Waals surface area contributed by atoms with Crippen LogP contribution in [0.3, 0.4) is 0 Å². The number of carbonyl (C=O) groups excluding carboxylic acids is 2. The number of rotatable bonds is 7. The lowest BCUT2D eigenvalue weighted by Crippen LogP contribution is -2.56. The summed E-state index contributed by atoms with van der Waals surface area (Å²) < 4.78 is 0. The molecule has 0 aliphatic carbocycles. The summed E-state index contributed by atoms with van der Waals surface area (Å²) in [5.74, 6) is 1.32. The minimum atomic E-state index is -0.0481. The number of nitrogens with one attached hydrogen (secondary N) is 2. The normalized spacial score (nSPS) is 17.0. The van der Waals surface area contributed by atoms with E-state index in [4.69, 9.17) is 11.6 Å². The molecule has 0 aromatic carbocycles. The van der Waals surface area contributed by atoms with Crippen LogP contribution in [0.4, 0.5) is 10.6 Å². The molecule has 3 amide bonds. The molecule has 2 heterocycles. The van der Waals surface area contributed by atoms with Gasteiger partial charge in [-0.25, -0.2) is 14.8 Å². The Morgan fingerprint density at radius 2 is 2.07 bits per heavy atom. The summed E-state index contributed by atoms with van der Waals surface area (Å²) >= 11 is 7.44. The van der Waals surface area contributed by atoms with E-state index in [-0.39, 0.29) is 23.7 Å². The Labute approximate surface area is 175 Å². The molecule has 1 aliphatic rings. The van der Waals surface area contributed by atoms with Gasteiger partial charge in [0.15, 0.2) is 5.16 Å². The van der Waals surface area contributed by atoms with Crippen LogP contribution in [0.15, 0.2) is 11.2 Å².